The average molecular weight is 300 g/mol. The van der Waals surface area contributed by atoms with Crippen molar-refractivity contribution in [2.75, 3.05) is 6.54 Å². The van der Waals surface area contributed by atoms with Gasteiger partial charge in [-0.05, 0) is 37.0 Å². The Bertz CT molecular complexity index is 524. The molecule has 1 unspecified atom stereocenters. The number of nitrogens with two attached hydrogens (primary N) is 1. The smallest absolute Gasteiger partial charge is 0.346 e. The summed E-state index contributed by atoms with van der Waals surface area (Å²) in [6, 6.07) is 5.20. The Balaban J connectivity index is 2.27. The topological polar surface area (TPSA) is 55.1 Å². The Kier molecular flexibility index (Phi) is 4.27. The maximum absolute atomic E-state index is 12.8. The highest BCUT2D eigenvalue weighted by atomic mass is 19.4. The molecule has 3 N–H and O–H groups in total. The number of nitrogens with one attached hydrogen (secondary N) is 1. The quantitative estimate of drug-likeness (QED) is 0.898. The number of amides is 1. The maximum atomic E-state index is 12.8. The molecular weight excluding hydrogens is 281 g/mol. The fourth-order valence-corrected chi connectivity index (χ4v) is 2.48. The zero-order valence-corrected chi connectivity index (χ0v) is 11.8. The molecule has 21 heavy (non-hydrogen) atoms. The van der Waals surface area contributed by atoms with Crippen molar-refractivity contribution >= 4 is 5.91 Å². The minimum absolute atomic E-state index is 0.213. The largest absolute Gasteiger partial charge is 0.416 e. The van der Waals surface area contributed by atoms with Gasteiger partial charge in [-0.1, -0.05) is 19.1 Å². The zero-order valence-electron chi connectivity index (χ0n) is 11.8. The lowest BCUT2D eigenvalue weighted by atomic mass is 9.71. The number of hydrogen-bond acceptors (Lipinski definition) is 2. The summed E-state index contributed by atoms with van der Waals surface area (Å²) in [6.07, 6.45) is -2.20. The van der Waals surface area contributed by atoms with Crippen molar-refractivity contribution in [2.24, 2.45) is 11.7 Å². The molecule has 1 saturated carbocycles. The SMILES string of the molecule is CC(CN)C(=O)NC1(c2cccc(C(F)(F)F)c2)CCC1. The molecule has 116 valence electrons. The first kappa shape index (κ1) is 15.8. The van der Waals surface area contributed by atoms with Gasteiger partial charge in [0, 0.05) is 12.5 Å². The molecule has 0 heterocycles. The summed E-state index contributed by atoms with van der Waals surface area (Å²) in [6.45, 7) is 1.92. The third-order valence-corrected chi connectivity index (χ3v) is 4.11. The predicted octanol–water partition coefficient (Wildman–Crippen LogP) is 2.80. The summed E-state index contributed by atoms with van der Waals surface area (Å²) in [4.78, 5) is 12.0. The van der Waals surface area contributed by atoms with Crippen molar-refractivity contribution in [1.29, 1.82) is 0 Å². The van der Waals surface area contributed by atoms with E-state index in [4.69, 9.17) is 5.73 Å². The summed E-state index contributed by atoms with van der Waals surface area (Å²) in [5.74, 6) is -0.567. The molecular formula is C15H19F3N2O. The molecule has 0 radical (unpaired) electrons. The van der Waals surface area contributed by atoms with E-state index in [1.54, 1.807) is 13.0 Å². The van der Waals surface area contributed by atoms with E-state index in [2.05, 4.69) is 5.32 Å². The van der Waals surface area contributed by atoms with Gasteiger partial charge in [0.1, 0.15) is 0 Å². The summed E-state index contributed by atoms with van der Waals surface area (Å²) >= 11 is 0. The Hall–Kier alpha value is -1.56. The Morgan fingerprint density at radius 2 is 2.10 bits per heavy atom. The second-order valence-electron chi connectivity index (χ2n) is 5.64. The Labute approximate surface area is 121 Å². The van der Waals surface area contributed by atoms with Crippen molar-refractivity contribution < 1.29 is 18.0 Å². The van der Waals surface area contributed by atoms with Gasteiger partial charge in [-0.15, -0.1) is 0 Å². The van der Waals surface area contributed by atoms with Crippen molar-refractivity contribution in [2.45, 2.75) is 37.9 Å². The molecule has 0 aliphatic heterocycles. The second-order valence-corrected chi connectivity index (χ2v) is 5.64. The molecule has 1 atom stereocenters. The van der Waals surface area contributed by atoms with Gasteiger partial charge in [0.25, 0.3) is 0 Å². The van der Waals surface area contributed by atoms with E-state index in [9.17, 15) is 18.0 Å². The minimum atomic E-state index is -4.38. The maximum Gasteiger partial charge on any atom is 0.416 e. The number of hydrogen-bond donors (Lipinski definition) is 2. The van der Waals surface area contributed by atoms with Crippen LogP contribution in [0.5, 0.6) is 0 Å². The van der Waals surface area contributed by atoms with Crippen LogP contribution in [0.25, 0.3) is 0 Å². The molecule has 6 heteroatoms. The normalized spacial score (nSPS) is 18.7. The van der Waals surface area contributed by atoms with Gasteiger partial charge >= 0.3 is 6.18 Å². The van der Waals surface area contributed by atoms with E-state index >= 15 is 0 Å². The first-order valence-corrected chi connectivity index (χ1v) is 6.98. The molecule has 2 rings (SSSR count). The molecule has 1 aromatic carbocycles. The lowest BCUT2D eigenvalue weighted by molar-refractivity contribution is -0.137. The first-order chi connectivity index (χ1) is 9.78. The first-order valence-electron chi connectivity index (χ1n) is 6.98. The van der Waals surface area contributed by atoms with Crippen molar-refractivity contribution in [3.8, 4) is 0 Å². The van der Waals surface area contributed by atoms with Crippen LogP contribution < -0.4 is 11.1 Å². The third kappa shape index (κ3) is 3.20. The van der Waals surface area contributed by atoms with Gasteiger partial charge in [0.05, 0.1) is 11.1 Å². The Morgan fingerprint density at radius 3 is 2.57 bits per heavy atom. The van der Waals surface area contributed by atoms with Crippen molar-refractivity contribution in [3.63, 3.8) is 0 Å². The highest BCUT2D eigenvalue weighted by Gasteiger charge is 2.42. The minimum Gasteiger partial charge on any atom is -0.346 e. The summed E-state index contributed by atoms with van der Waals surface area (Å²) in [5, 5.41) is 2.89. The van der Waals surface area contributed by atoms with Gasteiger partial charge in [-0.25, -0.2) is 0 Å². The fraction of sp³-hybridized carbons (Fsp3) is 0.533. The number of rotatable bonds is 4. The molecule has 1 amide bonds. The van der Waals surface area contributed by atoms with Gasteiger partial charge in [0.15, 0.2) is 0 Å². The van der Waals surface area contributed by atoms with Crippen LogP contribution in [0.1, 0.15) is 37.3 Å². The molecule has 3 nitrogen and oxygen atoms in total. The fourth-order valence-electron chi connectivity index (χ4n) is 2.48. The number of benzene rings is 1. The van der Waals surface area contributed by atoms with Crippen LogP contribution in [0.2, 0.25) is 0 Å². The van der Waals surface area contributed by atoms with Crippen molar-refractivity contribution in [1.82, 2.24) is 5.32 Å². The van der Waals surface area contributed by atoms with Gasteiger partial charge in [-0.3, -0.25) is 4.79 Å². The van der Waals surface area contributed by atoms with Crippen LogP contribution in [0.15, 0.2) is 24.3 Å². The Morgan fingerprint density at radius 1 is 1.43 bits per heavy atom. The highest BCUT2D eigenvalue weighted by molar-refractivity contribution is 5.79. The number of halogens is 3. The van der Waals surface area contributed by atoms with Crippen LogP contribution >= 0.6 is 0 Å². The summed E-state index contributed by atoms with van der Waals surface area (Å²) < 4.78 is 38.5. The average Bonchev–Trinajstić information content (AvgIpc) is 2.40. The molecule has 1 aliphatic carbocycles. The molecule has 1 aromatic rings. The van der Waals surface area contributed by atoms with Crippen LogP contribution in [0.3, 0.4) is 0 Å². The van der Waals surface area contributed by atoms with Gasteiger partial charge in [0.2, 0.25) is 5.91 Å². The number of alkyl halides is 3. The third-order valence-electron chi connectivity index (χ3n) is 4.11. The summed E-state index contributed by atoms with van der Waals surface area (Å²) in [7, 11) is 0. The number of carbonyl (C=O) groups excluding carboxylic acids is 1. The van der Waals surface area contributed by atoms with E-state index in [0.717, 1.165) is 18.6 Å². The van der Waals surface area contributed by atoms with E-state index < -0.39 is 17.3 Å². The molecule has 1 fully saturated rings. The van der Waals surface area contributed by atoms with Crippen LogP contribution in [0, 0.1) is 5.92 Å². The zero-order chi connectivity index (χ0) is 15.7. The molecule has 0 saturated heterocycles. The highest BCUT2D eigenvalue weighted by Crippen LogP contribution is 2.43. The molecule has 1 aliphatic rings. The summed E-state index contributed by atoms with van der Waals surface area (Å²) in [5.41, 5.74) is 4.61. The lowest BCUT2D eigenvalue weighted by Gasteiger charge is -2.44. The monoisotopic (exact) mass is 300 g/mol. The van der Waals surface area contributed by atoms with E-state index in [-0.39, 0.29) is 18.4 Å². The van der Waals surface area contributed by atoms with Gasteiger partial charge in [-0.2, -0.15) is 13.2 Å². The predicted molar refractivity (Wildman–Crippen MR) is 73.3 cm³/mol. The lowest BCUT2D eigenvalue weighted by Crippen LogP contribution is -2.53. The molecule has 0 aromatic heterocycles. The van der Waals surface area contributed by atoms with Crippen molar-refractivity contribution in [3.05, 3.63) is 35.4 Å². The molecule has 0 spiro atoms. The van der Waals surface area contributed by atoms with Crippen LogP contribution in [-0.2, 0) is 16.5 Å². The van der Waals surface area contributed by atoms with E-state index in [0.29, 0.717) is 18.4 Å². The standard InChI is InChI=1S/C15H19F3N2O/c1-10(9-19)13(21)20-14(6-3-7-14)11-4-2-5-12(8-11)15(16,17)18/h2,4-5,8,10H,3,6-7,9,19H2,1H3,(H,20,21). The second kappa shape index (κ2) is 5.67. The van der Waals surface area contributed by atoms with Crippen LogP contribution in [-0.4, -0.2) is 12.5 Å². The van der Waals surface area contributed by atoms with Gasteiger partial charge < -0.3 is 11.1 Å². The van der Waals surface area contributed by atoms with E-state index in [1.807, 2.05) is 0 Å². The molecule has 0 bridgehead atoms. The van der Waals surface area contributed by atoms with Crippen LogP contribution in [0.4, 0.5) is 13.2 Å². The number of carbonyl (C=O) groups is 1. The van der Waals surface area contributed by atoms with E-state index in [1.165, 1.54) is 6.07 Å².